The van der Waals surface area contributed by atoms with E-state index < -0.39 is 17.8 Å². The first kappa shape index (κ1) is 26.5. The van der Waals surface area contributed by atoms with Crippen molar-refractivity contribution in [2.24, 2.45) is 5.92 Å². The van der Waals surface area contributed by atoms with Crippen LogP contribution >= 0.6 is 0 Å². The quantitative estimate of drug-likeness (QED) is 0.309. The number of carbonyl (C=O) groups is 2. The van der Waals surface area contributed by atoms with Gasteiger partial charge in [-0.3, -0.25) is 9.59 Å². The number of phenols is 1. The molecular weight excluding hydrogens is 491 g/mol. The Labute approximate surface area is 219 Å². The molecule has 11 heteroatoms. The smallest absolute Gasteiger partial charge is 0.247 e. The van der Waals surface area contributed by atoms with Crippen molar-refractivity contribution in [1.29, 1.82) is 0 Å². The number of aromatic hydroxyl groups is 1. The lowest BCUT2D eigenvalue weighted by Crippen LogP contribution is -2.45. The molecule has 4 aromatic rings. The van der Waals surface area contributed by atoms with Gasteiger partial charge in [0.1, 0.15) is 29.9 Å². The third-order valence-corrected chi connectivity index (χ3v) is 5.85. The summed E-state index contributed by atoms with van der Waals surface area (Å²) in [5.74, 6) is -0.0746. The summed E-state index contributed by atoms with van der Waals surface area (Å²) in [6, 6.07) is 14.1. The average molecular weight is 521 g/mol. The normalized spacial score (nSPS) is 11.9. The summed E-state index contributed by atoms with van der Waals surface area (Å²) in [5, 5.41) is 24.9. The fourth-order valence-electron chi connectivity index (χ4n) is 3.84. The second kappa shape index (κ2) is 12.1. The summed E-state index contributed by atoms with van der Waals surface area (Å²) in [5.41, 5.74) is 1.06. The van der Waals surface area contributed by atoms with Crippen LogP contribution in [-0.4, -0.2) is 48.6 Å². The number of nitrogens with one attached hydrogen (secondary N) is 1. The Balaban J connectivity index is 1.62. The molecule has 198 valence electrons. The van der Waals surface area contributed by atoms with Gasteiger partial charge in [-0.1, -0.05) is 26.0 Å². The van der Waals surface area contributed by atoms with Crippen LogP contribution in [0.4, 0.5) is 4.39 Å². The van der Waals surface area contributed by atoms with Gasteiger partial charge in [0.05, 0.1) is 12.8 Å². The topological polar surface area (TPSA) is 126 Å². The fraction of sp³-hybridized carbons (Fsp3) is 0.296. The Morgan fingerprint density at radius 2 is 1.84 bits per heavy atom. The molecule has 38 heavy (non-hydrogen) atoms. The number of nitrogens with zero attached hydrogens (tertiary/aromatic N) is 5. The Kier molecular flexibility index (Phi) is 8.47. The van der Waals surface area contributed by atoms with Gasteiger partial charge in [0.2, 0.25) is 17.6 Å². The van der Waals surface area contributed by atoms with Crippen LogP contribution < -0.4 is 5.32 Å². The first-order valence-electron chi connectivity index (χ1n) is 12.2. The Hall–Kier alpha value is -4.54. The molecule has 2 aromatic heterocycles. The molecule has 0 aliphatic rings. The molecule has 0 bridgehead atoms. The van der Waals surface area contributed by atoms with Crippen LogP contribution in [0.2, 0.25) is 0 Å². The predicted octanol–water partition coefficient (Wildman–Crippen LogP) is 3.71. The second-order valence-electron chi connectivity index (χ2n) is 9.22. The van der Waals surface area contributed by atoms with Gasteiger partial charge in [-0.2, -0.15) is 4.80 Å². The maximum atomic E-state index is 13.7. The molecule has 0 spiro atoms. The lowest BCUT2D eigenvalue weighted by Gasteiger charge is -2.30. The van der Waals surface area contributed by atoms with Crippen LogP contribution in [0, 0.1) is 11.7 Å². The highest BCUT2D eigenvalue weighted by molar-refractivity contribution is 5.88. The van der Waals surface area contributed by atoms with Gasteiger partial charge in [-0.05, 0) is 71.6 Å². The highest BCUT2D eigenvalue weighted by atomic mass is 19.1. The molecule has 0 aliphatic heterocycles. The number of benzene rings is 2. The van der Waals surface area contributed by atoms with E-state index >= 15 is 0 Å². The zero-order chi connectivity index (χ0) is 27.1. The third-order valence-electron chi connectivity index (χ3n) is 5.85. The molecule has 0 saturated heterocycles. The molecule has 0 unspecified atom stereocenters. The van der Waals surface area contributed by atoms with Crippen molar-refractivity contribution < 1.29 is 23.5 Å². The molecule has 2 aromatic carbocycles. The number of halogens is 1. The summed E-state index contributed by atoms with van der Waals surface area (Å²) < 4.78 is 18.8. The first-order valence-corrected chi connectivity index (χ1v) is 12.2. The number of aromatic nitrogens is 4. The zero-order valence-electron chi connectivity index (χ0n) is 21.1. The summed E-state index contributed by atoms with van der Waals surface area (Å²) in [4.78, 5) is 29.7. The maximum absolute atomic E-state index is 13.7. The van der Waals surface area contributed by atoms with Gasteiger partial charge >= 0.3 is 0 Å². The van der Waals surface area contributed by atoms with Crippen LogP contribution in [0.3, 0.4) is 0 Å². The number of tetrazole rings is 1. The van der Waals surface area contributed by atoms with Gasteiger partial charge in [0.25, 0.3) is 0 Å². The van der Waals surface area contributed by atoms with Crippen molar-refractivity contribution in [1.82, 2.24) is 30.4 Å². The molecule has 4 rings (SSSR count). The van der Waals surface area contributed by atoms with E-state index in [1.54, 1.807) is 24.3 Å². The number of rotatable bonds is 11. The zero-order valence-corrected chi connectivity index (χ0v) is 21.1. The highest BCUT2D eigenvalue weighted by Gasteiger charge is 2.32. The lowest BCUT2D eigenvalue weighted by atomic mass is 10.0. The SMILES string of the molecule is CC(C)CCNC(=O)[C@@H](c1ccc(O)cc1)N(Cc1ccco1)C(=O)Cn1nnc(-c2ccc(F)cc2)n1. The van der Waals surface area contributed by atoms with Crippen LogP contribution in [0.5, 0.6) is 5.75 Å². The molecule has 0 aliphatic carbocycles. The number of phenolic OH excluding ortho intramolecular Hbond substituents is 1. The van der Waals surface area contributed by atoms with Gasteiger partial charge in [-0.15, -0.1) is 10.2 Å². The minimum absolute atomic E-state index is 0.00843. The third kappa shape index (κ3) is 6.81. The number of carbonyl (C=O) groups excluding carboxylic acids is 2. The monoisotopic (exact) mass is 520 g/mol. The lowest BCUT2D eigenvalue weighted by molar-refractivity contribution is -0.142. The van der Waals surface area contributed by atoms with Gasteiger partial charge < -0.3 is 19.7 Å². The molecule has 1 atom stereocenters. The average Bonchev–Trinajstić information content (AvgIpc) is 3.57. The van der Waals surface area contributed by atoms with E-state index in [1.165, 1.54) is 47.6 Å². The molecular formula is C27H29FN6O4. The molecule has 0 saturated carbocycles. The van der Waals surface area contributed by atoms with Crippen LogP contribution in [0.15, 0.2) is 71.3 Å². The summed E-state index contributed by atoms with van der Waals surface area (Å²) in [6.07, 6.45) is 2.26. The van der Waals surface area contributed by atoms with Crippen LogP contribution in [0.25, 0.3) is 11.4 Å². The van der Waals surface area contributed by atoms with Crippen molar-refractivity contribution in [3.63, 3.8) is 0 Å². The van der Waals surface area contributed by atoms with E-state index in [1.807, 2.05) is 0 Å². The summed E-state index contributed by atoms with van der Waals surface area (Å²) in [7, 11) is 0. The Morgan fingerprint density at radius 1 is 1.11 bits per heavy atom. The second-order valence-corrected chi connectivity index (χ2v) is 9.22. The molecule has 0 fully saturated rings. The van der Waals surface area contributed by atoms with Gasteiger partial charge in [0, 0.05) is 12.1 Å². The summed E-state index contributed by atoms with van der Waals surface area (Å²) in [6.45, 7) is 4.26. The van der Waals surface area contributed by atoms with Crippen LogP contribution in [-0.2, 0) is 22.7 Å². The number of hydrogen-bond donors (Lipinski definition) is 2. The first-order chi connectivity index (χ1) is 18.3. The number of amides is 2. The highest BCUT2D eigenvalue weighted by Crippen LogP contribution is 2.26. The van der Waals surface area contributed by atoms with Crippen molar-refractivity contribution in [3.05, 3.63) is 84.1 Å². The Morgan fingerprint density at radius 3 is 2.50 bits per heavy atom. The van der Waals surface area contributed by atoms with E-state index in [2.05, 4.69) is 34.6 Å². The van der Waals surface area contributed by atoms with Crippen molar-refractivity contribution >= 4 is 11.8 Å². The van der Waals surface area contributed by atoms with E-state index in [9.17, 15) is 19.1 Å². The van der Waals surface area contributed by atoms with Gasteiger partial charge in [-0.25, -0.2) is 4.39 Å². The molecule has 10 nitrogen and oxygen atoms in total. The van der Waals surface area contributed by atoms with Crippen molar-refractivity contribution in [2.75, 3.05) is 6.54 Å². The molecule has 0 radical (unpaired) electrons. The van der Waals surface area contributed by atoms with E-state index in [0.29, 0.717) is 29.3 Å². The standard InChI is InChI=1S/C27H29FN6O4/c1-18(2)13-14-29-27(37)25(19-7-11-22(35)12-8-19)33(16-23-4-3-15-38-23)24(36)17-34-31-26(30-32-34)20-5-9-21(28)10-6-20/h3-12,15,18,25,35H,13-14,16-17H2,1-2H3,(H,29,37)/t25-/m1/s1. The van der Waals surface area contributed by atoms with Gasteiger partial charge in [0.15, 0.2) is 0 Å². The van der Waals surface area contributed by atoms with E-state index in [4.69, 9.17) is 4.42 Å². The minimum atomic E-state index is -1.01. The van der Waals surface area contributed by atoms with E-state index in [0.717, 1.165) is 11.2 Å². The van der Waals surface area contributed by atoms with Crippen molar-refractivity contribution in [2.45, 2.75) is 39.4 Å². The van der Waals surface area contributed by atoms with Crippen LogP contribution in [0.1, 0.15) is 37.6 Å². The Bertz CT molecular complexity index is 1340. The minimum Gasteiger partial charge on any atom is -0.508 e. The van der Waals surface area contributed by atoms with E-state index in [-0.39, 0.29) is 30.6 Å². The predicted molar refractivity (Wildman–Crippen MR) is 136 cm³/mol. The number of furan rings is 1. The fourth-order valence-corrected chi connectivity index (χ4v) is 3.84. The molecule has 2 amide bonds. The summed E-state index contributed by atoms with van der Waals surface area (Å²) >= 11 is 0. The molecule has 2 N–H and O–H groups in total. The molecule has 2 heterocycles. The largest absolute Gasteiger partial charge is 0.508 e. The maximum Gasteiger partial charge on any atom is 0.247 e. The van der Waals surface area contributed by atoms with Crippen molar-refractivity contribution in [3.8, 4) is 17.1 Å². The number of hydrogen-bond acceptors (Lipinski definition) is 7.